The third kappa shape index (κ3) is 3.37. The van der Waals surface area contributed by atoms with Gasteiger partial charge in [0.25, 0.3) is 0 Å². The Kier molecular flexibility index (Phi) is 5.16. The molecule has 2 saturated carbocycles. The highest BCUT2D eigenvalue weighted by molar-refractivity contribution is 5.78. The van der Waals surface area contributed by atoms with Gasteiger partial charge in [0, 0.05) is 0 Å². The number of esters is 1. The van der Waals surface area contributed by atoms with Crippen molar-refractivity contribution < 1.29 is 19.7 Å². The molecule has 0 bridgehead atoms. The van der Waals surface area contributed by atoms with E-state index in [1.807, 2.05) is 6.92 Å². The number of rotatable bonds is 4. The number of hydrogen-bond acceptors (Lipinski definition) is 4. The van der Waals surface area contributed by atoms with Crippen molar-refractivity contribution in [1.29, 1.82) is 0 Å². The Morgan fingerprint density at radius 1 is 1.21 bits per heavy atom. The van der Waals surface area contributed by atoms with E-state index in [1.54, 1.807) is 0 Å². The summed E-state index contributed by atoms with van der Waals surface area (Å²) in [6.45, 7) is 10.5. The summed E-state index contributed by atoms with van der Waals surface area (Å²) in [6.07, 6.45) is 6.34. The second kappa shape index (κ2) is 6.28. The van der Waals surface area contributed by atoms with Gasteiger partial charge >= 0.3 is 5.97 Å². The monoisotopic (exact) mass is 340 g/mol. The zero-order valence-corrected chi connectivity index (χ0v) is 16.3. The molecule has 24 heavy (non-hydrogen) atoms. The summed E-state index contributed by atoms with van der Waals surface area (Å²) in [7, 11) is 1.30. The summed E-state index contributed by atoms with van der Waals surface area (Å²) in [6, 6.07) is 0. The van der Waals surface area contributed by atoms with Crippen molar-refractivity contribution in [3.8, 4) is 0 Å². The lowest BCUT2D eigenvalue weighted by Crippen LogP contribution is -2.58. The summed E-state index contributed by atoms with van der Waals surface area (Å²) < 4.78 is 4.72. The molecule has 5 atom stereocenters. The third-order valence-corrected chi connectivity index (χ3v) is 7.31. The first-order valence-corrected chi connectivity index (χ1v) is 9.40. The number of hydrogen-bond donors (Lipinski definition) is 2. The second-order valence-corrected chi connectivity index (χ2v) is 9.65. The van der Waals surface area contributed by atoms with Gasteiger partial charge in [0.2, 0.25) is 0 Å². The van der Waals surface area contributed by atoms with Gasteiger partial charge in [-0.3, -0.25) is 0 Å². The lowest BCUT2D eigenvalue weighted by Gasteiger charge is -2.61. The standard InChI is InChI=1S/C20H36O4/c1-17(2)10-7-11-18(3)14(17)8-12-19(4,22)15(18)9-13-20(5,23)16(21)24-6/h14-15,22-23H,7-13H2,1-6H3/t14-,15+,18-,19+,20+/m0/s1. The van der Waals surface area contributed by atoms with Crippen LogP contribution in [0, 0.1) is 22.7 Å². The number of carbonyl (C=O) groups is 1. The van der Waals surface area contributed by atoms with E-state index in [2.05, 4.69) is 20.8 Å². The first kappa shape index (κ1) is 19.7. The average Bonchev–Trinajstić information content (AvgIpc) is 2.43. The third-order valence-electron chi connectivity index (χ3n) is 7.31. The van der Waals surface area contributed by atoms with Crippen LogP contribution in [0.5, 0.6) is 0 Å². The maximum atomic E-state index is 11.8. The van der Waals surface area contributed by atoms with Crippen molar-refractivity contribution in [1.82, 2.24) is 0 Å². The predicted molar refractivity (Wildman–Crippen MR) is 94.5 cm³/mol. The number of aliphatic hydroxyl groups is 2. The van der Waals surface area contributed by atoms with Gasteiger partial charge in [-0.2, -0.15) is 0 Å². The van der Waals surface area contributed by atoms with Crippen LogP contribution in [0.3, 0.4) is 0 Å². The van der Waals surface area contributed by atoms with Crippen LogP contribution in [-0.4, -0.2) is 34.5 Å². The van der Waals surface area contributed by atoms with Gasteiger partial charge in [0.15, 0.2) is 5.60 Å². The molecule has 2 N–H and O–H groups in total. The Balaban J connectivity index is 2.25. The molecule has 2 rings (SSSR count). The van der Waals surface area contributed by atoms with Gasteiger partial charge in [-0.15, -0.1) is 0 Å². The van der Waals surface area contributed by atoms with E-state index < -0.39 is 17.2 Å². The molecule has 0 aromatic heterocycles. The van der Waals surface area contributed by atoms with Gasteiger partial charge in [-0.25, -0.2) is 4.79 Å². The van der Waals surface area contributed by atoms with E-state index in [-0.39, 0.29) is 16.7 Å². The molecule has 2 fully saturated rings. The largest absolute Gasteiger partial charge is 0.467 e. The zero-order valence-electron chi connectivity index (χ0n) is 16.3. The van der Waals surface area contributed by atoms with Gasteiger partial charge < -0.3 is 14.9 Å². The van der Waals surface area contributed by atoms with E-state index in [0.717, 1.165) is 19.3 Å². The van der Waals surface area contributed by atoms with Crippen LogP contribution < -0.4 is 0 Å². The molecule has 4 nitrogen and oxygen atoms in total. The molecular weight excluding hydrogens is 304 g/mol. The summed E-state index contributed by atoms with van der Waals surface area (Å²) in [5.74, 6) is 0.0649. The first-order chi connectivity index (χ1) is 10.9. The minimum absolute atomic E-state index is 0.0513. The van der Waals surface area contributed by atoms with Crippen molar-refractivity contribution in [3.05, 3.63) is 0 Å². The molecule has 0 radical (unpaired) electrons. The molecule has 2 aliphatic carbocycles. The molecule has 4 heteroatoms. The molecule has 0 aromatic rings. The Labute approximate surface area is 147 Å². The fraction of sp³-hybridized carbons (Fsp3) is 0.950. The molecule has 0 unspecified atom stereocenters. The number of ether oxygens (including phenoxy) is 1. The minimum Gasteiger partial charge on any atom is -0.467 e. The minimum atomic E-state index is -1.49. The van der Waals surface area contributed by atoms with Crippen molar-refractivity contribution in [2.75, 3.05) is 7.11 Å². The fourth-order valence-corrected chi connectivity index (χ4v) is 6.01. The van der Waals surface area contributed by atoms with Gasteiger partial charge in [-0.1, -0.05) is 27.2 Å². The Hall–Kier alpha value is -0.610. The number of fused-ring (bicyclic) bond motifs is 1. The van der Waals surface area contributed by atoms with E-state index in [4.69, 9.17) is 4.74 Å². The molecule has 140 valence electrons. The van der Waals surface area contributed by atoms with Gasteiger partial charge in [0.05, 0.1) is 12.7 Å². The van der Waals surface area contributed by atoms with Crippen LogP contribution in [0.1, 0.15) is 79.6 Å². The summed E-state index contributed by atoms with van der Waals surface area (Å²) in [5.41, 5.74) is -1.90. The van der Waals surface area contributed by atoms with E-state index in [0.29, 0.717) is 18.8 Å². The number of carbonyl (C=O) groups excluding carboxylic acids is 1. The quantitative estimate of drug-likeness (QED) is 0.766. The topological polar surface area (TPSA) is 66.8 Å². The van der Waals surface area contributed by atoms with Crippen molar-refractivity contribution in [3.63, 3.8) is 0 Å². The molecule has 0 spiro atoms. The molecule has 0 saturated heterocycles. The molecular formula is C20H36O4. The normalized spacial score (nSPS) is 41.2. The van der Waals surface area contributed by atoms with Crippen molar-refractivity contribution in [2.24, 2.45) is 22.7 Å². The van der Waals surface area contributed by atoms with Crippen LogP contribution in [-0.2, 0) is 9.53 Å². The lowest BCUT2D eigenvalue weighted by molar-refractivity contribution is -0.178. The Morgan fingerprint density at radius 2 is 1.83 bits per heavy atom. The highest BCUT2D eigenvalue weighted by Gasteiger charge is 2.58. The van der Waals surface area contributed by atoms with Gasteiger partial charge in [0.1, 0.15) is 0 Å². The smallest absolute Gasteiger partial charge is 0.337 e. The molecule has 0 aromatic carbocycles. The summed E-state index contributed by atoms with van der Waals surface area (Å²) in [4.78, 5) is 11.8. The van der Waals surface area contributed by atoms with Crippen LogP contribution in [0.25, 0.3) is 0 Å². The highest BCUT2D eigenvalue weighted by atomic mass is 16.5. The van der Waals surface area contributed by atoms with Crippen LogP contribution in [0.2, 0.25) is 0 Å². The van der Waals surface area contributed by atoms with Crippen LogP contribution in [0.4, 0.5) is 0 Å². The fourth-order valence-electron chi connectivity index (χ4n) is 6.01. The Morgan fingerprint density at radius 3 is 2.42 bits per heavy atom. The molecule has 0 aliphatic heterocycles. The second-order valence-electron chi connectivity index (χ2n) is 9.65. The summed E-state index contributed by atoms with van der Waals surface area (Å²) >= 11 is 0. The highest BCUT2D eigenvalue weighted by Crippen LogP contribution is 2.63. The van der Waals surface area contributed by atoms with Crippen molar-refractivity contribution >= 4 is 5.97 Å². The van der Waals surface area contributed by atoms with E-state index in [1.165, 1.54) is 26.9 Å². The van der Waals surface area contributed by atoms with E-state index >= 15 is 0 Å². The first-order valence-electron chi connectivity index (χ1n) is 9.40. The Bertz CT molecular complexity index is 480. The van der Waals surface area contributed by atoms with Crippen molar-refractivity contribution in [2.45, 2.75) is 90.8 Å². The van der Waals surface area contributed by atoms with Crippen LogP contribution in [0.15, 0.2) is 0 Å². The predicted octanol–water partition coefficient (Wildman–Crippen LogP) is 3.68. The molecule has 0 heterocycles. The van der Waals surface area contributed by atoms with Gasteiger partial charge in [-0.05, 0) is 75.0 Å². The maximum absolute atomic E-state index is 11.8. The lowest BCUT2D eigenvalue weighted by atomic mass is 9.45. The zero-order chi connectivity index (χ0) is 18.4. The average molecular weight is 341 g/mol. The van der Waals surface area contributed by atoms with E-state index in [9.17, 15) is 15.0 Å². The maximum Gasteiger partial charge on any atom is 0.337 e. The summed E-state index contributed by atoms with van der Waals surface area (Å²) in [5, 5.41) is 21.5. The molecule has 0 amide bonds. The number of methoxy groups -OCH3 is 1. The molecule has 2 aliphatic rings. The van der Waals surface area contributed by atoms with Crippen LogP contribution >= 0.6 is 0 Å². The SMILES string of the molecule is COC(=O)[C@](C)(O)CC[C@@H]1[C@@]2(C)CCCC(C)(C)[C@@H]2CC[C@@]1(C)O.